The standard InChI is InChI=1S/C16H40O12Si4.C4H16O4Si4.C3H8O2.CH4/c1-17-9-13-21-29(5)25-30(6,22-14-10-18-2)27-32(8,24-16-12-20-4)28-31(7,26-29)23-15-11-19-3;1-9-5-10(2)7-12(4)8-11(3)6-9;1-5-3-2-4;/h9-16H2,1-8H3;9-12H,1-4H3;4H,2-3H2,1H3;1H4. The second kappa shape index (κ2) is 29.3. The molecule has 0 aromatic carbocycles. The predicted molar refractivity (Wildman–Crippen MR) is 204 cm³/mol. The molecule has 0 atom stereocenters. The number of methoxy groups -OCH3 is 5. The van der Waals surface area contributed by atoms with Crippen LogP contribution in [0, 0.1) is 0 Å². The molecular formula is C24H68O18Si8. The summed E-state index contributed by atoms with van der Waals surface area (Å²) in [5.74, 6) is 0. The molecule has 0 radical (unpaired) electrons. The smallest absolute Gasteiger partial charge is 0.420 e. The molecule has 1 N–H and O–H groups in total. The minimum Gasteiger partial charge on any atom is -0.420 e. The van der Waals surface area contributed by atoms with Gasteiger partial charge in [-0.15, -0.1) is 0 Å². The zero-order chi connectivity index (χ0) is 37.4. The van der Waals surface area contributed by atoms with Crippen molar-refractivity contribution in [3.8, 4) is 0 Å². The van der Waals surface area contributed by atoms with Crippen LogP contribution >= 0.6 is 0 Å². The minimum atomic E-state index is -3.34. The Morgan fingerprint density at radius 2 is 0.600 bits per heavy atom. The van der Waals surface area contributed by atoms with E-state index in [1.165, 1.54) is 0 Å². The molecule has 0 aromatic rings. The fourth-order valence-electron chi connectivity index (χ4n) is 4.21. The maximum atomic E-state index is 7.94. The van der Waals surface area contributed by atoms with Crippen LogP contribution in [-0.4, -0.2) is 179 Å². The first-order chi connectivity index (χ1) is 23.1. The maximum absolute atomic E-state index is 7.94. The van der Waals surface area contributed by atoms with Gasteiger partial charge in [0.1, 0.15) is 0 Å². The maximum Gasteiger partial charge on any atom is 0.483 e. The van der Waals surface area contributed by atoms with Gasteiger partial charge in [-0.3, -0.25) is 0 Å². The van der Waals surface area contributed by atoms with E-state index in [2.05, 4.69) is 4.74 Å². The largest absolute Gasteiger partial charge is 0.483 e. The highest BCUT2D eigenvalue weighted by atomic mass is 28.6. The lowest BCUT2D eigenvalue weighted by Crippen LogP contribution is -2.70. The van der Waals surface area contributed by atoms with E-state index in [0.717, 1.165) is 0 Å². The summed E-state index contributed by atoms with van der Waals surface area (Å²) in [6, 6.07) is 0. The van der Waals surface area contributed by atoms with Crippen molar-refractivity contribution < 1.29 is 79.4 Å². The Kier molecular flexibility index (Phi) is 31.2. The third kappa shape index (κ3) is 25.2. The van der Waals surface area contributed by atoms with Crippen molar-refractivity contribution in [2.75, 3.05) is 102 Å². The zero-order valence-corrected chi connectivity index (χ0v) is 40.4. The van der Waals surface area contributed by atoms with E-state index in [9.17, 15) is 0 Å². The molecule has 26 heteroatoms. The second-order valence-electron chi connectivity index (χ2n) is 10.8. The topological polar surface area (TPSA) is 177 Å². The van der Waals surface area contributed by atoms with Gasteiger partial charge in [-0.05, 0) is 26.2 Å². The van der Waals surface area contributed by atoms with E-state index in [0.29, 0.717) is 33.0 Å². The van der Waals surface area contributed by atoms with Gasteiger partial charge < -0.3 is 79.4 Å². The Morgan fingerprint density at radius 3 is 0.740 bits per heavy atom. The highest BCUT2D eigenvalue weighted by Gasteiger charge is 2.62. The molecule has 50 heavy (non-hydrogen) atoms. The van der Waals surface area contributed by atoms with Crippen LogP contribution in [-0.2, 0) is 74.3 Å². The predicted octanol–water partition coefficient (Wildman–Crippen LogP) is 0.722. The molecular weight excluding hydrogens is 801 g/mol. The van der Waals surface area contributed by atoms with Gasteiger partial charge in [0.05, 0.1) is 66.1 Å². The van der Waals surface area contributed by atoms with Crippen LogP contribution in [0.15, 0.2) is 0 Å². The Bertz CT molecular complexity index is 680. The van der Waals surface area contributed by atoms with Crippen LogP contribution in [0.25, 0.3) is 0 Å². The van der Waals surface area contributed by atoms with Crippen LogP contribution in [0.2, 0.25) is 52.4 Å². The third-order valence-electron chi connectivity index (χ3n) is 5.92. The van der Waals surface area contributed by atoms with Gasteiger partial charge in [0.25, 0.3) is 37.1 Å². The molecule has 0 amide bonds. The van der Waals surface area contributed by atoms with Gasteiger partial charge in [-0.2, -0.15) is 0 Å². The average Bonchev–Trinajstić information content (AvgIpc) is 2.96. The molecule has 0 aromatic heterocycles. The summed E-state index contributed by atoms with van der Waals surface area (Å²) >= 11 is 0. The summed E-state index contributed by atoms with van der Waals surface area (Å²) in [7, 11) is -11.1. The van der Waals surface area contributed by atoms with Gasteiger partial charge in [0, 0.05) is 61.7 Å². The summed E-state index contributed by atoms with van der Waals surface area (Å²) in [4.78, 5) is 0. The van der Waals surface area contributed by atoms with Crippen LogP contribution in [0.5, 0.6) is 0 Å². The molecule has 0 bridgehead atoms. The van der Waals surface area contributed by atoms with E-state index in [1.807, 2.05) is 26.2 Å². The van der Waals surface area contributed by atoms with E-state index in [1.54, 1.807) is 61.7 Å². The quantitative estimate of drug-likeness (QED) is 0.151. The summed E-state index contributed by atoms with van der Waals surface area (Å²) in [6.45, 7) is 18.3. The first-order valence-electron chi connectivity index (χ1n) is 16.1. The first-order valence-corrected chi connectivity index (χ1v) is 33.4. The number of hydrogen-bond donors (Lipinski definition) is 1. The number of rotatable bonds is 18. The Hall–Kier alpha value is 1.02. The molecule has 0 spiro atoms. The fraction of sp³-hybridized carbons (Fsp3) is 1.00. The number of aliphatic hydroxyl groups is 1. The molecule has 2 heterocycles. The summed E-state index contributed by atoms with van der Waals surface area (Å²) in [5.41, 5.74) is 0. The lowest BCUT2D eigenvalue weighted by atomic mass is 10.8. The van der Waals surface area contributed by atoms with E-state index < -0.39 is 72.4 Å². The lowest BCUT2D eigenvalue weighted by molar-refractivity contribution is 0.00299. The number of aliphatic hydroxyl groups excluding tert-OH is 1. The zero-order valence-electron chi connectivity index (χ0n) is 31.8. The van der Waals surface area contributed by atoms with Crippen LogP contribution in [0.1, 0.15) is 7.43 Å². The SMILES string of the molecule is C.COCCO.COCCO[Si]1(C)O[Si](C)(OCCOC)O[Si](C)(OCCOC)O[Si](C)(OCCOC)O1.C[SiH]1O[SiH](C)O[SiH](C)O[SiH](C)O1. The van der Waals surface area contributed by atoms with E-state index in [-0.39, 0.29) is 40.5 Å². The van der Waals surface area contributed by atoms with Crippen molar-refractivity contribution in [1.82, 2.24) is 0 Å². The highest BCUT2D eigenvalue weighted by Crippen LogP contribution is 2.33. The molecule has 0 aliphatic carbocycles. The van der Waals surface area contributed by atoms with Crippen LogP contribution in [0.4, 0.5) is 0 Å². The molecule has 2 rings (SSSR count). The first kappa shape index (κ1) is 53.1. The molecule has 2 saturated heterocycles. The van der Waals surface area contributed by atoms with Crippen LogP contribution in [0.3, 0.4) is 0 Å². The normalized spacial score (nSPS) is 33.2. The van der Waals surface area contributed by atoms with Gasteiger partial charge in [0.15, 0.2) is 0 Å². The minimum absolute atomic E-state index is 0. The molecule has 0 unspecified atom stereocenters. The molecule has 2 aliphatic rings. The van der Waals surface area contributed by atoms with Crippen molar-refractivity contribution >= 4 is 72.4 Å². The Balaban J connectivity index is 0. The highest BCUT2D eigenvalue weighted by molar-refractivity contribution is 6.88. The fourth-order valence-corrected chi connectivity index (χ4v) is 32.8. The van der Waals surface area contributed by atoms with Crippen molar-refractivity contribution in [2.24, 2.45) is 0 Å². The van der Waals surface area contributed by atoms with Crippen molar-refractivity contribution in [1.29, 1.82) is 0 Å². The number of hydrogen-bond acceptors (Lipinski definition) is 18. The molecule has 0 saturated carbocycles. The Labute approximate surface area is 312 Å². The summed E-state index contributed by atoms with van der Waals surface area (Å²) in [6.07, 6.45) is 0. The van der Waals surface area contributed by atoms with Crippen molar-refractivity contribution in [3.05, 3.63) is 0 Å². The average molecular weight is 869 g/mol. The molecule has 2 fully saturated rings. The molecule has 2 aliphatic heterocycles. The second-order valence-corrected chi connectivity index (χ2v) is 31.0. The van der Waals surface area contributed by atoms with Gasteiger partial charge >= 0.3 is 35.2 Å². The number of ether oxygens (including phenoxy) is 5. The summed E-state index contributed by atoms with van der Waals surface area (Å²) in [5, 5.41) is 7.94. The van der Waals surface area contributed by atoms with Crippen molar-refractivity contribution in [2.45, 2.75) is 59.8 Å². The van der Waals surface area contributed by atoms with Crippen LogP contribution < -0.4 is 0 Å². The molecule has 304 valence electrons. The van der Waals surface area contributed by atoms with Gasteiger partial charge in [-0.1, -0.05) is 7.43 Å². The monoisotopic (exact) mass is 868 g/mol. The van der Waals surface area contributed by atoms with Crippen molar-refractivity contribution in [3.63, 3.8) is 0 Å². The van der Waals surface area contributed by atoms with Gasteiger partial charge in [0.2, 0.25) is 0 Å². The lowest BCUT2D eigenvalue weighted by Gasteiger charge is -2.46. The van der Waals surface area contributed by atoms with E-state index >= 15 is 0 Å². The van der Waals surface area contributed by atoms with E-state index in [4.69, 9.17) is 74.7 Å². The summed E-state index contributed by atoms with van der Waals surface area (Å²) < 4.78 is 97.2. The Morgan fingerprint density at radius 1 is 0.400 bits per heavy atom. The third-order valence-corrected chi connectivity index (χ3v) is 33.0. The van der Waals surface area contributed by atoms with Gasteiger partial charge in [-0.25, -0.2) is 0 Å². The molecule has 18 nitrogen and oxygen atoms in total.